The van der Waals surface area contributed by atoms with E-state index in [2.05, 4.69) is 10.3 Å². The zero-order valence-electron chi connectivity index (χ0n) is 13.8. The summed E-state index contributed by atoms with van der Waals surface area (Å²) in [7, 11) is 0. The van der Waals surface area contributed by atoms with Crippen LogP contribution in [0.4, 0.5) is 5.82 Å². The monoisotopic (exact) mass is 320 g/mol. The van der Waals surface area contributed by atoms with Gasteiger partial charge in [0.15, 0.2) is 0 Å². The predicted octanol–water partition coefficient (Wildman–Crippen LogP) is 3.34. The lowest BCUT2D eigenvalue weighted by Gasteiger charge is -2.26. The number of carbonyl (C=O) groups excluding carboxylic acids is 1. The van der Waals surface area contributed by atoms with Crippen LogP contribution in [0.5, 0.6) is 0 Å². The minimum atomic E-state index is -0.306. The van der Waals surface area contributed by atoms with Crippen molar-refractivity contribution in [3.05, 3.63) is 72.1 Å². The fraction of sp³-hybridized carbons (Fsp3) is 0.211. The molecule has 0 spiro atoms. The lowest BCUT2D eigenvalue weighted by atomic mass is 10.1. The first-order valence-electron chi connectivity index (χ1n) is 7.74. The maximum absolute atomic E-state index is 12.7. The third-order valence-electron chi connectivity index (χ3n) is 3.46. The fourth-order valence-electron chi connectivity index (χ4n) is 2.16. The number of rotatable bonds is 6. The number of amides is 1. The van der Waals surface area contributed by atoms with Crippen LogP contribution in [0.25, 0.3) is 0 Å². The maximum Gasteiger partial charge on any atom is 0.266 e. The molecule has 0 atom stereocenters. The predicted molar refractivity (Wildman–Crippen MR) is 93.7 cm³/mol. The van der Waals surface area contributed by atoms with Crippen molar-refractivity contribution in [2.75, 3.05) is 5.32 Å². The molecule has 0 saturated heterocycles. The highest BCUT2D eigenvalue weighted by molar-refractivity contribution is 5.97. The first-order valence-corrected chi connectivity index (χ1v) is 7.74. The van der Waals surface area contributed by atoms with Gasteiger partial charge in [-0.1, -0.05) is 36.4 Å². The van der Waals surface area contributed by atoms with Crippen LogP contribution < -0.4 is 5.32 Å². The molecular weight excluding hydrogens is 300 g/mol. The normalized spacial score (nSPS) is 11.0. The zero-order chi connectivity index (χ0) is 17.4. The summed E-state index contributed by atoms with van der Waals surface area (Å²) >= 11 is 0. The average molecular weight is 320 g/mol. The molecular formula is C19H20N4O. The summed E-state index contributed by atoms with van der Waals surface area (Å²) in [5, 5.41) is 12.2. The van der Waals surface area contributed by atoms with Crippen LogP contribution in [0.3, 0.4) is 0 Å². The van der Waals surface area contributed by atoms with Gasteiger partial charge in [0.25, 0.3) is 5.91 Å². The Balaban J connectivity index is 2.16. The second kappa shape index (κ2) is 8.49. The number of pyridine rings is 1. The number of hydrogen-bond acceptors (Lipinski definition) is 4. The van der Waals surface area contributed by atoms with Gasteiger partial charge in [-0.2, -0.15) is 5.26 Å². The fourth-order valence-corrected chi connectivity index (χ4v) is 2.16. The summed E-state index contributed by atoms with van der Waals surface area (Å²) in [5.41, 5.74) is 1.07. The van der Waals surface area contributed by atoms with Crippen molar-refractivity contribution >= 4 is 11.7 Å². The zero-order valence-corrected chi connectivity index (χ0v) is 13.8. The third kappa shape index (κ3) is 4.68. The molecule has 5 heteroatoms. The molecule has 1 N–H and O–H groups in total. The highest BCUT2D eigenvalue weighted by Gasteiger charge is 2.21. The molecule has 0 radical (unpaired) electrons. The Morgan fingerprint density at radius 2 is 1.96 bits per heavy atom. The van der Waals surface area contributed by atoms with E-state index >= 15 is 0 Å². The molecule has 0 aliphatic carbocycles. The summed E-state index contributed by atoms with van der Waals surface area (Å²) in [6, 6.07) is 17.1. The molecule has 5 nitrogen and oxygen atoms in total. The SMILES string of the molecule is CC(C)N(Cc1ccccc1)C(=O)/C(C#N)=C\Nc1ccccn1. The van der Waals surface area contributed by atoms with Gasteiger partial charge >= 0.3 is 0 Å². The van der Waals surface area contributed by atoms with Gasteiger partial charge in [-0.25, -0.2) is 4.98 Å². The van der Waals surface area contributed by atoms with Gasteiger partial charge in [-0.15, -0.1) is 0 Å². The van der Waals surface area contributed by atoms with Crippen molar-refractivity contribution in [1.82, 2.24) is 9.88 Å². The van der Waals surface area contributed by atoms with Gasteiger partial charge in [0, 0.05) is 25.0 Å². The summed E-state index contributed by atoms with van der Waals surface area (Å²) in [5.74, 6) is 0.275. The maximum atomic E-state index is 12.7. The number of nitrogens with zero attached hydrogens (tertiary/aromatic N) is 3. The second-order valence-corrected chi connectivity index (χ2v) is 5.54. The minimum absolute atomic E-state index is 0.0238. The lowest BCUT2D eigenvalue weighted by molar-refractivity contribution is -0.129. The molecule has 0 aliphatic heterocycles. The van der Waals surface area contributed by atoms with E-state index in [0.29, 0.717) is 12.4 Å². The average Bonchev–Trinajstić information content (AvgIpc) is 2.61. The van der Waals surface area contributed by atoms with Crippen molar-refractivity contribution in [1.29, 1.82) is 5.26 Å². The first-order chi connectivity index (χ1) is 11.6. The van der Waals surface area contributed by atoms with Gasteiger partial charge in [0.05, 0.1) is 0 Å². The summed E-state index contributed by atoms with van der Waals surface area (Å²) < 4.78 is 0. The van der Waals surface area contributed by atoms with Gasteiger partial charge in [0.2, 0.25) is 0 Å². The van der Waals surface area contributed by atoms with Gasteiger partial charge < -0.3 is 10.2 Å². The van der Waals surface area contributed by atoms with Crippen LogP contribution in [0.2, 0.25) is 0 Å². The van der Waals surface area contributed by atoms with E-state index in [1.165, 1.54) is 6.20 Å². The number of nitriles is 1. The quantitative estimate of drug-likeness (QED) is 0.654. The molecule has 2 rings (SSSR count). The summed E-state index contributed by atoms with van der Waals surface area (Å²) in [6.45, 7) is 4.32. The van der Waals surface area contributed by atoms with Gasteiger partial charge in [-0.05, 0) is 31.5 Å². The lowest BCUT2D eigenvalue weighted by Crippen LogP contribution is -2.37. The molecule has 1 amide bonds. The topological polar surface area (TPSA) is 69.0 Å². The Hall–Kier alpha value is -3.13. The molecule has 1 aromatic carbocycles. The Kier molecular flexibility index (Phi) is 6.09. The van der Waals surface area contributed by atoms with Gasteiger partial charge in [0.1, 0.15) is 17.5 Å². The first kappa shape index (κ1) is 17.2. The van der Waals surface area contributed by atoms with Crippen LogP contribution in [0, 0.1) is 11.3 Å². The van der Waals surface area contributed by atoms with Crippen molar-refractivity contribution < 1.29 is 4.79 Å². The van der Waals surface area contributed by atoms with E-state index < -0.39 is 0 Å². The van der Waals surface area contributed by atoms with Crippen molar-refractivity contribution in [2.24, 2.45) is 0 Å². The highest BCUT2D eigenvalue weighted by Crippen LogP contribution is 2.12. The van der Waals surface area contributed by atoms with Crippen LogP contribution in [0.1, 0.15) is 19.4 Å². The Bertz CT molecular complexity index is 733. The van der Waals surface area contributed by atoms with Crippen LogP contribution in [0.15, 0.2) is 66.5 Å². The van der Waals surface area contributed by atoms with Gasteiger partial charge in [-0.3, -0.25) is 4.79 Å². The molecule has 0 bridgehead atoms. The van der Waals surface area contributed by atoms with Crippen LogP contribution in [-0.4, -0.2) is 21.8 Å². The standard InChI is InChI=1S/C19H20N4O/c1-15(2)23(14-16-8-4-3-5-9-16)19(24)17(12-20)13-22-18-10-6-7-11-21-18/h3-11,13,15H,14H2,1-2H3,(H,21,22)/b17-13-. The Morgan fingerprint density at radius 1 is 1.25 bits per heavy atom. The number of anilines is 1. The number of nitrogens with one attached hydrogen (secondary N) is 1. The molecule has 0 fully saturated rings. The molecule has 24 heavy (non-hydrogen) atoms. The van der Waals surface area contributed by atoms with E-state index in [-0.39, 0.29) is 17.5 Å². The molecule has 1 aromatic heterocycles. The van der Waals surface area contributed by atoms with Crippen LogP contribution in [-0.2, 0) is 11.3 Å². The Morgan fingerprint density at radius 3 is 2.54 bits per heavy atom. The number of hydrogen-bond donors (Lipinski definition) is 1. The van der Waals surface area contributed by atoms with E-state index in [0.717, 1.165) is 5.56 Å². The molecule has 0 saturated carbocycles. The number of benzene rings is 1. The highest BCUT2D eigenvalue weighted by atomic mass is 16.2. The molecule has 2 aromatic rings. The van der Waals surface area contributed by atoms with E-state index in [1.54, 1.807) is 23.2 Å². The van der Waals surface area contributed by atoms with E-state index in [9.17, 15) is 10.1 Å². The van der Waals surface area contributed by atoms with Crippen LogP contribution >= 0.6 is 0 Å². The third-order valence-corrected chi connectivity index (χ3v) is 3.46. The number of aromatic nitrogens is 1. The summed E-state index contributed by atoms with van der Waals surface area (Å²) in [4.78, 5) is 18.5. The molecule has 0 aliphatic rings. The van der Waals surface area contributed by atoms with Crippen molar-refractivity contribution in [3.8, 4) is 6.07 Å². The smallest absolute Gasteiger partial charge is 0.266 e. The summed E-state index contributed by atoms with van der Waals surface area (Å²) in [6.07, 6.45) is 3.05. The van der Waals surface area contributed by atoms with Crippen molar-refractivity contribution in [2.45, 2.75) is 26.4 Å². The minimum Gasteiger partial charge on any atom is -0.345 e. The molecule has 122 valence electrons. The number of carbonyl (C=O) groups is 1. The van der Waals surface area contributed by atoms with Crippen molar-refractivity contribution in [3.63, 3.8) is 0 Å². The molecule has 0 unspecified atom stereocenters. The molecule has 1 heterocycles. The second-order valence-electron chi connectivity index (χ2n) is 5.54. The van der Waals surface area contributed by atoms with E-state index in [4.69, 9.17) is 0 Å². The van der Waals surface area contributed by atoms with E-state index in [1.807, 2.05) is 56.3 Å². The largest absolute Gasteiger partial charge is 0.345 e. The Labute approximate surface area is 142 Å².